The van der Waals surface area contributed by atoms with Crippen LogP contribution in [-0.4, -0.2) is 46.4 Å². The van der Waals surface area contributed by atoms with Gasteiger partial charge >= 0.3 is 13.6 Å². The molecular weight excluding hydrogens is 237 g/mol. The number of rotatable bonds is 7. The van der Waals surface area contributed by atoms with E-state index in [2.05, 4.69) is 4.74 Å². The van der Waals surface area contributed by atoms with Crippen molar-refractivity contribution in [2.75, 3.05) is 26.0 Å². The Morgan fingerprint density at radius 2 is 2.00 bits per heavy atom. The Balaban J connectivity index is 4.56. The average Bonchev–Trinajstić information content (AvgIpc) is 1.99. The summed E-state index contributed by atoms with van der Waals surface area (Å²) in [4.78, 5) is 28.7. The van der Waals surface area contributed by atoms with Gasteiger partial charge in [-0.25, -0.2) is 4.79 Å². The number of carbonyl (C=O) groups excluding carboxylic acids is 1. The number of carbonyl (C=O) groups is 1. The van der Waals surface area contributed by atoms with E-state index < -0.39 is 31.0 Å². The molecule has 96 valence electrons. The molecule has 0 spiro atoms. The zero-order chi connectivity index (χ0) is 12.8. The van der Waals surface area contributed by atoms with Crippen LogP contribution >= 0.6 is 7.60 Å². The summed E-state index contributed by atoms with van der Waals surface area (Å²) in [6, 6.07) is 0. The summed E-state index contributed by atoms with van der Waals surface area (Å²) < 4.78 is 14.1. The van der Waals surface area contributed by atoms with E-state index in [1.165, 1.54) is 0 Å². The van der Waals surface area contributed by atoms with Crippen molar-refractivity contribution in [3.05, 3.63) is 5.21 Å². The molecule has 16 heavy (non-hydrogen) atoms. The van der Waals surface area contributed by atoms with Crippen LogP contribution < -0.4 is 0 Å². The third-order valence-corrected chi connectivity index (χ3v) is 2.68. The van der Waals surface area contributed by atoms with Crippen molar-refractivity contribution in [3.8, 4) is 0 Å². The van der Waals surface area contributed by atoms with Crippen LogP contribution in [0.1, 0.15) is 20.3 Å². The largest absolute Gasteiger partial charge is 0.632 e. The fourth-order valence-electron chi connectivity index (χ4n) is 1.38. The second-order valence-corrected chi connectivity index (χ2v) is 5.16. The van der Waals surface area contributed by atoms with E-state index in [9.17, 15) is 14.6 Å². The third kappa shape index (κ3) is 6.92. The molecule has 0 fully saturated rings. The molecule has 0 amide bonds. The third-order valence-electron chi connectivity index (χ3n) is 1.80. The molecule has 0 bridgehead atoms. The summed E-state index contributed by atoms with van der Waals surface area (Å²) in [5, 5.41) is 11.9. The smallest absolute Gasteiger partial charge is 0.379 e. The summed E-state index contributed by atoms with van der Waals surface area (Å²) in [5.74, 6) is -0.737. The van der Waals surface area contributed by atoms with E-state index in [0.717, 1.165) is 0 Å². The van der Waals surface area contributed by atoms with Gasteiger partial charge in [-0.15, -0.1) is 0 Å². The highest BCUT2D eigenvalue weighted by molar-refractivity contribution is 7.51. The summed E-state index contributed by atoms with van der Waals surface area (Å²) in [5.41, 5.74) is 0. The Morgan fingerprint density at radius 3 is 2.38 bits per heavy atom. The minimum absolute atomic E-state index is 0.0239. The lowest BCUT2D eigenvalue weighted by atomic mass is 10.4. The minimum Gasteiger partial charge on any atom is -0.632 e. The molecule has 0 aromatic heterocycles. The van der Waals surface area contributed by atoms with Gasteiger partial charge in [0.25, 0.3) is 0 Å². The fourth-order valence-corrected chi connectivity index (χ4v) is 2.30. The second-order valence-electron chi connectivity index (χ2n) is 3.55. The predicted octanol–water partition coefficient (Wildman–Crippen LogP) is 0.409. The SMILES string of the molecule is CCC[N+]([O-])(CC(=O)OCC)CP(=O)(O)O. The average molecular weight is 255 g/mol. The van der Waals surface area contributed by atoms with Gasteiger partial charge < -0.3 is 24.4 Å². The normalized spacial score (nSPS) is 15.6. The summed E-state index contributed by atoms with van der Waals surface area (Å²) in [7, 11) is -4.44. The summed E-state index contributed by atoms with van der Waals surface area (Å²) >= 11 is 0. The maximum absolute atomic E-state index is 11.9. The maximum atomic E-state index is 11.9. The second kappa shape index (κ2) is 6.32. The topological polar surface area (TPSA) is 107 Å². The number of quaternary nitrogens is 1. The van der Waals surface area contributed by atoms with E-state index in [-0.39, 0.29) is 13.2 Å². The number of hydroxylamine groups is 3. The molecule has 1 atom stereocenters. The molecule has 1 unspecified atom stereocenters. The van der Waals surface area contributed by atoms with Crippen molar-refractivity contribution < 1.29 is 28.5 Å². The van der Waals surface area contributed by atoms with Gasteiger partial charge in [-0.2, -0.15) is 0 Å². The zero-order valence-electron chi connectivity index (χ0n) is 9.46. The number of hydrogen-bond acceptors (Lipinski definition) is 4. The Hall–Kier alpha value is -0.460. The first-order valence-corrected chi connectivity index (χ1v) is 6.79. The first kappa shape index (κ1) is 15.5. The first-order chi connectivity index (χ1) is 7.22. The standard InChI is InChI=1S/C8H18NO6P/c1-3-5-9(11,7-16(12,13)14)6-8(10)15-4-2/h3-7H2,1-2H3,(H2,12,13,14). The van der Waals surface area contributed by atoms with Crippen molar-refractivity contribution in [1.29, 1.82) is 0 Å². The molecule has 0 aliphatic rings. The first-order valence-electron chi connectivity index (χ1n) is 4.99. The lowest BCUT2D eigenvalue weighted by molar-refractivity contribution is -0.862. The Bertz CT molecular complexity index is 278. The molecular formula is C8H18NO6P. The molecule has 7 nitrogen and oxygen atoms in total. The number of esters is 1. The molecule has 0 aromatic rings. The fraction of sp³-hybridized carbons (Fsp3) is 0.875. The molecule has 0 aromatic carbocycles. The molecule has 0 aliphatic carbocycles. The number of nitrogens with zero attached hydrogens (tertiary/aromatic N) is 1. The van der Waals surface area contributed by atoms with Crippen molar-refractivity contribution in [2.24, 2.45) is 0 Å². The zero-order valence-corrected chi connectivity index (χ0v) is 10.4. The molecule has 0 radical (unpaired) electrons. The van der Waals surface area contributed by atoms with Crippen LogP contribution in [0.15, 0.2) is 0 Å². The van der Waals surface area contributed by atoms with Crippen molar-refractivity contribution in [3.63, 3.8) is 0 Å². The van der Waals surface area contributed by atoms with Gasteiger partial charge in [0, 0.05) is 0 Å². The number of hydrogen-bond donors (Lipinski definition) is 2. The highest BCUT2D eigenvalue weighted by Gasteiger charge is 2.30. The van der Waals surface area contributed by atoms with Gasteiger partial charge in [0.05, 0.1) is 13.2 Å². The van der Waals surface area contributed by atoms with Gasteiger partial charge in [0.15, 0.2) is 12.8 Å². The highest BCUT2D eigenvalue weighted by Crippen LogP contribution is 2.37. The van der Waals surface area contributed by atoms with Crippen molar-refractivity contribution in [2.45, 2.75) is 20.3 Å². The van der Waals surface area contributed by atoms with E-state index in [4.69, 9.17) is 9.79 Å². The number of ether oxygens (including phenoxy) is 1. The van der Waals surface area contributed by atoms with Crippen LogP contribution in [0, 0.1) is 5.21 Å². The maximum Gasteiger partial charge on any atom is 0.379 e. The van der Waals surface area contributed by atoms with Crippen LogP contribution in [0.2, 0.25) is 0 Å². The van der Waals surface area contributed by atoms with Crippen LogP contribution in [0.4, 0.5) is 0 Å². The van der Waals surface area contributed by atoms with Gasteiger partial charge in [-0.3, -0.25) is 4.57 Å². The van der Waals surface area contributed by atoms with Crippen LogP contribution in [0.25, 0.3) is 0 Å². The Labute approximate surface area is 94.3 Å². The van der Waals surface area contributed by atoms with Crippen LogP contribution in [0.5, 0.6) is 0 Å². The predicted molar refractivity (Wildman–Crippen MR) is 57.2 cm³/mol. The highest BCUT2D eigenvalue weighted by atomic mass is 31.2. The minimum atomic E-state index is -4.44. The molecule has 0 saturated heterocycles. The van der Waals surface area contributed by atoms with E-state index in [0.29, 0.717) is 6.42 Å². The van der Waals surface area contributed by atoms with Crippen LogP contribution in [-0.2, 0) is 14.1 Å². The van der Waals surface area contributed by atoms with E-state index in [1.807, 2.05) is 0 Å². The molecule has 0 rings (SSSR count). The molecule has 0 aliphatic heterocycles. The van der Waals surface area contributed by atoms with E-state index in [1.54, 1.807) is 13.8 Å². The lowest BCUT2D eigenvalue weighted by Crippen LogP contribution is -2.47. The van der Waals surface area contributed by atoms with Gasteiger partial charge in [0.2, 0.25) is 0 Å². The molecule has 0 heterocycles. The van der Waals surface area contributed by atoms with Gasteiger partial charge in [-0.1, -0.05) is 6.92 Å². The lowest BCUT2D eigenvalue weighted by Gasteiger charge is -2.41. The molecule has 2 N–H and O–H groups in total. The van der Waals surface area contributed by atoms with Crippen molar-refractivity contribution >= 4 is 13.6 Å². The monoisotopic (exact) mass is 255 g/mol. The van der Waals surface area contributed by atoms with Gasteiger partial charge in [0.1, 0.15) is 0 Å². The Kier molecular flexibility index (Phi) is 6.14. The van der Waals surface area contributed by atoms with Crippen molar-refractivity contribution in [1.82, 2.24) is 0 Å². The van der Waals surface area contributed by atoms with E-state index >= 15 is 0 Å². The van der Waals surface area contributed by atoms with Gasteiger partial charge in [-0.05, 0) is 13.3 Å². The summed E-state index contributed by atoms with van der Waals surface area (Å²) in [6.07, 6.45) is -0.456. The quantitative estimate of drug-likeness (QED) is 0.295. The summed E-state index contributed by atoms with van der Waals surface area (Å²) in [6.45, 7) is 2.85. The van der Waals surface area contributed by atoms with Crippen LogP contribution in [0.3, 0.4) is 0 Å². The molecule has 8 heteroatoms. The molecule has 0 saturated carbocycles. The Morgan fingerprint density at radius 1 is 1.44 bits per heavy atom.